The highest BCUT2D eigenvalue weighted by atomic mass is 16.4. The Morgan fingerprint density at radius 1 is 1.30 bits per heavy atom. The van der Waals surface area contributed by atoms with Crippen LogP contribution >= 0.6 is 0 Å². The van der Waals surface area contributed by atoms with Gasteiger partial charge in [0, 0.05) is 5.39 Å². The lowest BCUT2D eigenvalue weighted by atomic mass is 9.80. The van der Waals surface area contributed by atoms with E-state index in [0.717, 1.165) is 29.4 Å². The minimum Gasteiger partial charge on any atom is -0.458 e. The fourth-order valence-electron chi connectivity index (χ4n) is 3.44. The first kappa shape index (κ1) is 13.4. The number of aliphatic hydroxyl groups is 1. The average molecular weight is 270 g/mol. The summed E-state index contributed by atoms with van der Waals surface area (Å²) < 4.78 is 5.91. The number of hydrogen-bond acceptors (Lipinski definition) is 2. The summed E-state index contributed by atoms with van der Waals surface area (Å²) >= 11 is 0. The van der Waals surface area contributed by atoms with Gasteiger partial charge in [-0.05, 0) is 50.2 Å². The highest BCUT2D eigenvalue weighted by Gasteiger charge is 2.28. The van der Waals surface area contributed by atoms with Crippen molar-refractivity contribution in [2.24, 2.45) is 11.8 Å². The summed E-state index contributed by atoms with van der Waals surface area (Å²) in [5.41, 5.74) is 3.40. The van der Waals surface area contributed by atoms with Crippen LogP contribution in [0.3, 0.4) is 0 Å². The smallest absolute Gasteiger partial charge is 0.137 e. The number of benzene rings is 1. The van der Waals surface area contributed by atoms with Crippen molar-refractivity contribution in [1.82, 2.24) is 0 Å². The van der Waals surface area contributed by atoms with E-state index in [0.29, 0.717) is 11.7 Å². The summed E-state index contributed by atoms with van der Waals surface area (Å²) in [6.45, 7) is 6.40. The van der Waals surface area contributed by atoms with Gasteiger partial charge in [0.15, 0.2) is 0 Å². The van der Waals surface area contributed by atoms with Crippen molar-refractivity contribution in [3.8, 4) is 0 Å². The third kappa shape index (κ3) is 2.40. The molecule has 1 heterocycles. The number of aryl methyl sites for hydroxylation is 1. The van der Waals surface area contributed by atoms with E-state index in [2.05, 4.69) is 19.9 Å². The minimum absolute atomic E-state index is 0.260. The van der Waals surface area contributed by atoms with Gasteiger partial charge in [-0.15, -0.1) is 0 Å². The maximum absolute atomic E-state index is 10.7. The molecule has 106 valence electrons. The lowest BCUT2D eigenvalue weighted by Crippen LogP contribution is -2.18. The van der Waals surface area contributed by atoms with Crippen LogP contribution in [-0.4, -0.2) is 5.11 Å². The predicted octanol–water partition coefficient (Wildman–Crippen LogP) is 4.77. The molecular weight excluding hydrogens is 248 g/mol. The molecule has 2 heteroatoms. The van der Waals surface area contributed by atoms with Crippen molar-refractivity contribution in [2.75, 3.05) is 0 Å². The zero-order valence-electron chi connectivity index (χ0n) is 12.4. The molecule has 3 unspecified atom stereocenters. The van der Waals surface area contributed by atoms with Gasteiger partial charge in [0.05, 0.1) is 0 Å². The first-order valence-corrected chi connectivity index (χ1v) is 7.39. The van der Waals surface area contributed by atoms with E-state index < -0.39 is 6.10 Å². The van der Waals surface area contributed by atoms with E-state index in [9.17, 15) is 5.11 Å². The van der Waals surface area contributed by atoms with Gasteiger partial charge in [0.1, 0.15) is 17.4 Å². The lowest BCUT2D eigenvalue weighted by Gasteiger charge is -2.28. The Hall–Kier alpha value is -1.54. The van der Waals surface area contributed by atoms with E-state index in [1.54, 1.807) is 0 Å². The van der Waals surface area contributed by atoms with Gasteiger partial charge in [-0.3, -0.25) is 0 Å². The minimum atomic E-state index is -0.507. The molecule has 20 heavy (non-hydrogen) atoms. The van der Waals surface area contributed by atoms with Crippen molar-refractivity contribution in [2.45, 2.75) is 39.7 Å². The first-order chi connectivity index (χ1) is 9.54. The number of allylic oxidation sites excluding steroid dienone is 2. The van der Waals surface area contributed by atoms with Gasteiger partial charge in [-0.25, -0.2) is 0 Å². The summed E-state index contributed by atoms with van der Waals surface area (Å²) in [4.78, 5) is 0. The quantitative estimate of drug-likeness (QED) is 0.798. The number of para-hydroxylation sites is 1. The number of hydrogen-bond donors (Lipinski definition) is 1. The molecule has 1 aliphatic rings. The van der Waals surface area contributed by atoms with Crippen LogP contribution in [0.15, 0.2) is 40.3 Å². The molecule has 0 fully saturated rings. The molecule has 3 atom stereocenters. The Balaban J connectivity index is 1.91. The van der Waals surface area contributed by atoms with Crippen molar-refractivity contribution in [3.05, 3.63) is 47.2 Å². The molecule has 1 aliphatic carbocycles. The third-order valence-corrected chi connectivity index (χ3v) is 4.33. The van der Waals surface area contributed by atoms with Gasteiger partial charge in [0.25, 0.3) is 0 Å². The molecule has 0 radical (unpaired) electrons. The lowest BCUT2D eigenvalue weighted by molar-refractivity contribution is 0.0743. The molecule has 0 amide bonds. The monoisotopic (exact) mass is 270 g/mol. The predicted molar refractivity (Wildman–Crippen MR) is 81.6 cm³/mol. The van der Waals surface area contributed by atoms with E-state index >= 15 is 0 Å². The number of rotatable bonds is 2. The molecule has 0 saturated carbocycles. The van der Waals surface area contributed by atoms with Crippen LogP contribution in [0.4, 0.5) is 0 Å². The van der Waals surface area contributed by atoms with Gasteiger partial charge >= 0.3 is 0 Å². The van der Waals surface area contributed by atoms with E-state index in [4.69, 9.17) is 4.42 Å². The Morgan fingerprint density at radius 2 is 2.10 bits per heavy atom. The normalized spacial score (nSPS) is 24.7. The molecule has 2 nitrogen and oxygen atoms in total. The molecule has 1 aromatic heterocycles. The SMILES string of the molecule is CC1=CC(C)CC(C(O)c2cc3cccc(C)c3o2)C1. The molecule has 0 spiro atoms. The molecular formula is C18H22O2. The summed E-state index contributed by atoms with van der Waals surface area (Å²) in [5, 5.41) is 11.7. The molecule has 0 saturated heterocycles. The second-order valence-electron chi connectivity index (χ2n) is 6.28. The van der Waals surface area contributed by atoms with E-state index in [1.807, 2.05) is 31.2 Å². The van der Waals surface area contributed by atoms with Crippen LogP contribution in [0, 0.1) is 18.8 Å². The zero-order chi connectivity index (χ0) is 14.3. The first-order valence-electron chi connectivity index (χ1n) is 7.39. The van der Waals surface area contributed by atoms with Gasteiger partial charge in [-0.2, -0.15) is 0 Å². The van der Waals surface area contributed by atoms with Crippen LogP contribution < -0.4 is 0 Å². The second-order valence-corrected chi connectivity index (χ2v) is 6.28. The molecule has 3 rings (SSSR count). The second kappa shape index (κ2) is 5.10. The Kier molecular flexibility index (Phi) is 3.43. The van der Waals surface area contributed by atoms with Crippen LogP contribution in [0.5, 0.6) is 0 Å². The highest BCUT2D eigenvalue weighted by Crippen LogP contribution is 2.38. The highest BCUT2D eigenvalue weighted by molar-refractivity contribution is 5.80. The topological polar surface area (TPSA) is 33.4 Å². The summed E-state index contributed by atoms with van der Waals surface area (Å²) in [6, 6.07) is 8.10. The van der Waals surface area contributed by atoms with E-state index in [1.165, 1.54) is 5.57 Å². The van der Waals surface area contributed by atoms with Crippen LogP contribution in [-0.2, 0) is 0 Å². The number of aliphatic hydroxyl groups excluding tert-OH is 1. The van der Waals surface area contributed by atoms with Crippen molar-refractivity contribution in [3.63, 3.8) is 0 Å². The molecule has 1 N–H and O–H groups in total. The Morgan fingerprint density at radius 3 is 2.80 bits per heavy atom. The van der Waals surface area contributed by atoms with Crippen molar-refractivity contribution >= 4 is 11.0 Å². The standard InChI is InChI=1S/C18H22O2/c1-11-7-12(2)9-15(8-11)17(19)16-10-14-6-4-5-13(3)18(14)20-16/h4-7,10-11,15,17,19H,8-9H2,1-3H3. The van der Waals surface area contributed by atoms with Gasteiger partial charge < -0.3 is 9.52 Å². The fourth-order valence-corrected chi connectivity index (χ4v) is 3.44. The average Bonchev–Trinajstić information content (AvgIpc) is 2.82. The molecule has 1 aromatic carbocycles. The van der Waals surface area contributed by atoms with Crippen LogP contribution in [0.1, 0.15) is 44.1 Å². The maximum atomic E-state index is 10.7. The Labute approximate surface area is 120 Å². The number of fused-ring (bicyclic) bond motifs is 1. The summed E-state index contributed by atoms with van der Waals surface area (Å²) in [6.07, 6.45) is 3.79. The largest absolute Gasteiger partial charge is 0.458 e. The molecule has 0 bridgehead atoms. The number of furan rings is 1. The zero-order valence-corrected chi connectivity index (χ0v) is 12.4. The van der Waals surface area contributed by atoms with Crippen molar-refractivity contribution < 1.29 is 9.52 Å². The molecule has 0 aliphatic heterocycles. The Bertz CT molecular complexity index is 650. The summed E-state index contributed by atoms with van der Waals surface area (Å²) in [7, 11) is 0. The fraction of sp³-hybridized carbons (Fsp3) is 0.444. The van der Waals surface area contributed by atoms with E-state index in [-0.39, 0.29) is 5.92 Å². The van der Waals surface area contributed by atoms with Crippen LogP contribution in [0.2, 0.25) is 0 Å². The van der Waals surface area contributed by atoms with Gasteiger partial charge in [0.2, 0.25) is 0 Å². The molecule has 2 aromatic rings. The maximum Gasteiger partial charge on any atom is 0.137 e. The third-order valence-electron chi connectivity index (χ3n) is 4.33. The van der Waals surface area contributed by atoms with Crippen molar-refractivity contribution in [1.29, 1.82) is 0 Å². The van der Waals surface area contributed by atoms with Gasteiger partial charge in [-0.1, -0.05) is 36.8 Å². The summed E-state index contributed by atoms with van der Waals surface area (Å²) in [5.74, 6) is 1.51. The van der Waals surface area contributed by atoms with Crippen LogP contribution in [0.25, 0.3) is 11.0 Å².